The molecule has 100 valence electrons. The Kier molecular flexibility index (Phi) is 3.25. The number of carbonyl (C=O) groups is 1. The van der Waals surface area contributed by atoms with Crippen LogP contribution in [0.25, 0.3) is 0 Å². The van der Waals surface area contributed by atoms with E-state index in [-0.39, 0.29) is 5.78 Å². The number of Topliss-reactive ketones (excluding diaryl/α,β-unsaturated/α-hetero) is 1. The van der Waals surface area contributed by atoms with Crippen LogP contribution in [0, 0.1) is 0 Å². The lowest BCUT2D eigenvalue weighted by Crippen LogP contribution is -1.99. The quantitative estimate of drug-likeness (QED) is 0.864. The van der Waals surface area contributed by atoms with E-state index >= 15 is 0 Å². The Labute approximate surface area is 117 Å². The lowest BCUT2D eigenvalue weighted by molar-refractivity contribution is 0.103. The highest BCUT2D eigenvalue weighted by Gasteiger charge is 2.23. The number of hydrogen-bond donors (Lipinski definition) is 1. The normalized spacial score (nSPS) is 15.2. The molecule has 0 radical (unpaired) electrons. The molecular formula is C17H15NO2. The van der Waals surface area contributed by atoms with Crippen molar-refractivity contribution in [3.8, 4) is 5.75 Å². The number of hydrogen-bond acceptors (Lipinski definition) is 3. The Bertz CT molecular complexity index is 672. The van der Waals surface area contributed by atoms with Gasteiger partial charge in [0.25, 0.3) is 0 Å². The van der Waals surface area contributed by atoms with Crippen LogP contribution >= 0.6 is 0 Å². The van der Waals surface area contributed by atoms with E-state index in [0.717, 1.165) is 28.1 Å². The maximum atomic E-state index is 12.2. The molecule has 0 aromatic heterocycles. The molecule has 1 aliphatic rings. The van der Waals surface area contributed by atoms with Gasteiger partial charge in [-0.2, -0.15) is 0 Å². The van der Waals surface area contributed by atoms with E-state index in [1.54, 1.807) is 13.3 Å². The van der Waals surface area contributed by atoms with Gasteiger partial charge in [-0.05, 0) is 29.8 Å². The second-order valence-corrected chi connectivity index (χ2v) is 4.71. The van der Waals surface area contributed by atoms with Gasteiger partial charge in [0.05, 0.1) is 7.11 Å². The summed E-state index contributed by atoms with van der Waals surface area (Å²) in [6.45, 7) is 0. The number of carbonyl (C=O) groups excluding carboxylic acids is 1. The number of fused-ring (bicyclic) bond motifs is 1. The first-order valence-corrected chi connectivity index (χ1v) is 6.50. The van der Waals surface area contributed by atoms with E-state index < -0.39 is 0 Å². The highest BCUT2D eigenvalue weighted by molar-refractivity contribution is 6.13. The minimum atomic E-state index is 0.113. The highest BCUT2D eigenvalue weighted by Crippen LogP contribution is 2.26. The summed E-state index contributed by atoms with van der Waals surface area (Å²) in [6, 6.07) is 15.3. The third-order valence-corrected chi connectivity index (χ3v) is 3.44. The number of methoxy groups -OCH3 is 1. The number of benzene rings is 2. The largest absolute Gasteiger partial charge is 0.497 e. The van der Waals surface area contributed by atoms with Crippen LogP contribution in [0.2, 0.25) is 0 Å². The van der Waals surface area contributed by atoms with Crippen molar-refractivity contribution in [3.05, 3.63) is 71.4 Å². The predicted octanol–water partition coefficient (Wildman–Crippen LogP) is 3.43. The molecule has 0 bridgehead atoms. The number of rotatable bonds is 3. The summed E-state index contributed by atoms with van der Waals surface area (Å²) < 4.78 is 5.11. The number of ketones is 1. The molecule has 0 saturated carbocycles. The van der Waals surface area contributed by atoms with Crippen LogP contribution in [-0.2, 0) is 6.42 Å². The van der Waals surface area contributed by atoms with Crippen molar-refractivity contribution >= 4 is 11.5 Å². The first kappa shape index (κ1) is 12.5. The summed E-state index contributed by atoms with van der Waals surface area (Å²) in [7, 11) is 1.64. The molecular weight excluding hydrogens is 250 g/mol. The van der Waals surface area contributed by atoms with Crippen LogP contribution in [0.3, 0.4) is 0 Å². The molecule has 2 aromatic carbocycles. The predicted molar refractivity (Wildman–Crippen MR) is 79.2 cm³/mol. The molecule has 0 unspecified atom stereocenters. The Morgan fingerprint density at radius 2 is 1.85 bits per heavy atom. The summed E-state index contributed by atoms with van der Waals surface area (Å²) in [4.78, 5) is 12.2. The summed E-state index contributed by atoms with van der Waals surface area (Å²) in [6.07, 6.45) is 2.49. The van der Waals surface area contributed by atoms with Crippen molar-refractivity contribution in [3.63, 3.8) is 0 Å². The molecule has 3 nitrogen and oxygen atoms in total. The molecule has 0 amide bonds. The summed E-state index contributed by atoms with van der Waals surface area (Å²) in [5.41, 5.74) is 3.64. The number of anilines is 1. The van der Waals surface area contributed by atoms with Crippen LogP contribution < -0.4 is 10.1 Å². The van der Waals surface area contributed by atoms with Gasteiger partial charge in [0.2, 0.25) is 0 Å². The van der Waals surface area contributed by atoms with Gasteiger partial charge in [-0.25, -0.2) is 0 Å². The van der Waals surface area contributed by atoms with Gasteiger partial charge < -0.3 is 10.1 Å². The lowest BCUT2D eigenvalue weighted by atomic mass is 10.1. The monoisotopic (exact) mass is 265 g/mol. The van der Waals surface area contributed by atoms with E-state index in [1.807, 2.05) is 48.5 Å². The molecule has 0 fully saturated rings. The van der Waals surface area contributed by atoms with Gasteiger partial charge in [-0.3, -0.25) is 4.79 Å². The Morgan fingerprint density at radius 3 is 2.55 bits per heavy atom. The second-order valence-electron chi connectivity index (χ2n) is 4.71. The fourth-order valence-corrected chi connectivity index (χ4v) is 2.33. The smallest absolute Gasteiger partial charge is 0.191 e. The van der Waals surface area contributed by atoms with Crippen molar-refractivity contribution in [1.82, 2.24) is 0 Å². The molecule has 0 atom stereocenters. The van der Waals surface area contributed by atoms with Gasteiger partial charge in [-0.15, -0.1) is 0 Å². The minimum absolute atomic E-state index is 0.113. The minimum Gasteiger partial charge on any atom is -0.497 e. The van der Waals surface area contributed by atoms with Crippen LogP contribution in [0.15, 0.2) is 60.3 Å². The second kappa shape index (κ2) is 5.21. The van der Waals surface area contributed by atoms with Crippen molar-refractivity contribution < 1.29 is 9.53 Å². The topological polar surface area (TPSA) is 38.3 Å². The lowest BCUT2D eigenvalue weighted by Gasteiger charge is -2.04. The molecule has 0 saturated heterocycles. The summed E-state index contributed by atoms with van der Waals surface area (Å²) in [5.74, 6) is 0.925. The zero-order valence-corrected chi connectivity index (χ0v) is 11.2. The van der Waals surface area contributed by atoms with Crippen LogP contribution in [-0.4, -0.2) is 12.9 Å². The molecule has 1 aliphatic carbocycles. The molecule has 0 aliphatic heterocycles. The van der Waals surface area contributed by atoms with Crippen molar-refractivity contribution in [2.24, 2.45) is 0 Å². The maximum Gasteiger partial charge on any atom is 0.191 e. The van der Waals surface area contributed by atoms with Crippen LogP contribution in [0.4, 0.5) is 5.69 Å². The van der Waals surface area contributed by atoms with Crippen molar-refractivity contribution in [1.29, 1.82) is 0 Å². The zero-order chi connectivity index (χ0) is 13.9. The van der Waals surface area contributed by atoms with Crippen LogP contribution in [0.1, 0.15) is 15.9 Å². The first-order valence-electron chi connectivity index (χ1n) is 6.50. The Morgan fingerprint density at radius 1 is 1.10 bits per heavy atom. The standard InChI is InChI=1S/C17H15NO2/c1-20-15-8-6-14(7-9-15)18-11-13-10-12-4-2-3-5-16(12)17(13)19/h2-9,11,18H,10H2,1H3/b13-11-. The number of allylic oxidation sites excluding steroid dienone is 1. The van der Waals surface area contributed by atoms with Gasteiger partial charge in [0, 0.05) is 29.4 Å². The average molecular weight is 265 g/mol. The van der Waals surface area contributed by atoms with Crippen molar-refractivity contribution in [2.75, 3.05) is 12.4 Å². The Hall–Kier alpha value is -2.55. The highest BCUT2D eigenvalue weighted by atomic mass is 16.5. The van der Waals surface area contributed by atoms with Gasteiger partial charge >= 0.3 is 0 Å². The van der Waals surface area contributed by atoms with Crippen LogP contribution in [0.5, 0.6) is 5.75 Å². The fourth-order valence-electron chi connectivity index (χ4n) is 2.33. The summed E-state index contributed by atoms with van der Waals surface area (Å²) in [5, 5.41) is 3.16. The van der Waals surface area contributed by atoms with E-state index in [2.05, 4.69) is 5.32 Å². The summed E-state index contributed by atoms with van der Waals surface area (Å²) >= 11 is 0. The zero-order valence-electron chi connectivity index (χ0n) is 11.2. The molecule has 3 heteroatoms. The van der Waals surface area contributed by atoms with E-state index in [9.17, 15) is 4.79 Å². The fraction of sp³-hybridized carbons (Fsp3) is 0.118. The molecule has 1 N–H and O–H groups in total. The van der Waals surface area contributed by atoms with Gasteiger partial charge in [0.1, 0.15) is 5.75 Å². The molecule has 3 rings (SSSR count). The molecule has 2 aromatic rings. The molecule has 0 heterocycles. The Balaban J connectivity index is 1.76. The average Bonchev–Trinajstić information content (AvgIpc) is 2.83. The SMILES string of the molecule is COc1ccc(N/C=C2/Cc3ccccc3C2=O)cc1. The van der Waals surface area contributed by atoms with Gasteiger partial charge in [0.15, 0.2) is 5.78 Å². The molecule has 20 heavy (non-hydrogen) atoms. The first-order chi connectivity index (χ1) is 9.78. The maximum absolute atomic E-state index is 12.2. The van der Waals surface area contributed by atoms with E-state index in [1.165, 1.54) is 0 Å². The van der Waals surface area contributed by atoms with Crippen molar-refractivity contribution in [2.45, 2.75) is 6.42 Å². The van der Waals surface area contributed by atoms with E-state index in [4.69, 9.17) is 4.74 Å². The van der Waals surface area contributed by atoms with Gasteiger partial charge in [-0.1, -0.05) is 24.3 Å². The molecule has 0 spiro atoms. The third-order valence-electron chi connectivity index (χ3n) is 3.44. The number of ether oxygens (including phenoxy) is 1. The van der Waals surface area contributed by atoms with E-state index in [0.29, 0.717) is 6.42 Å². The third kappa shape index (κ3) is 2.30. The number of nitrogens with one attached hydrogen (secondary N) is 1.